The molecular formula is C23H28FN3O5. The van der Waals surface area contributed by atoms with Gasteiger partial charge in [-0.25, -0.2) is 9.78 Å². The first kappa shape index (κ1) is 21.3. The Labute approximate surface area is 186 Å². The zero-order valence-electron chi connectivity index (χ0n) is 17.9. The highest BCUT2D eigenvalue weighted by Crippen LogP contribution is 2.32. The van der Waals surface area contributed by atoms with Crippen molar-refractivity contribution in [1.82, 2.24) is 14.8 Å². The van der Waals surface area contributed by atoms with Crippen LogP contribution in [0.25, 0.3) is 0 Å². The van der Waals surface area contributed by atoms with Crippen LogP contribution in [0.3, 0.4) is 0 Å². The van der Waals surface area contributed by atoms with Crippen LogP contribution in [-0.2, 0) is 14.2 Å². The van der Waals surface area contributed by atoms with Crippen molar-refractivity contribution < 1.29 is 28.2 Å². The van der Waals surface area contributed by atoms with Crippen molar-refractivity contribution in [3.8, 4) is 0 Å². The van der Waals surface area contributed by atoms with Gasteiger partial charge in [-0.2, -0.15) is 4.39 Å². The Kier molecular flexibility index (Phi) is 6.10. The second-order valence-electron chi connectivity index (χ2n) is 8.87. The van der Waals surface area contributed by atoms with E-state index in [0.29, 0.717) is 18.7 Å². The molecule has 0 spiro atoms. The lowest BCUT2D eigenvalue weighted by Gasteiger charge is -2.40. The van der Waals surface area contributed by atoms with Crippen LogP contribution in [0, 0.1) is 5.95 Å². The number of carbonyl (C=O) groups excluding carboxylic acids is 2. The normalized spacial score (nSPS) is 32.7. The summed E-state index contributed by atoms with van der Waals surface area (Å²) in [6.45, 7) is 0.890. The number of nitrogens with zero attached hydrogens (tertiary/aromatic N) is 3. The second kappa shape index (κ2) is 9.15. The zero-order chi connectivity index (χ0) is 22.1. The van der Waals surface area contributed by atoms with Crippen molar-refractivity contribution in [1.29, 1.82) is 0 Å². The van der Waals surface area contributed by atoms with Gasteiger partial charge in [0.25, 0.3) is 5.91 Å². The quantitative estimate of drug-likeness (QED) is 0.526. The smallest absolute Gasteiger partial charge is 0.410 e. The minimum absolute atomic E-state index is 0.0154. The van der Waals surface area contributed by atoms with E-state index in [-0.39, 0.29) is 36.8 Å². The molecule has 4 aliphatic rings. The number of halogens is 1. The highest BCUT2D eigenvalue weighted by atomic mass is 19.1. The average molecular weight is 445 g/mol. The van der Waals surface area contributed by atoms with E-state index >= 15 is 0 Å². The predicted molar refractivity (Wildman–Crippen MR) is 111 cm³/mol. The van der Waals surface area contributed by atoms with Crippen LogP contribution in [-0.4, -0.2) is 77.1 Å². The molecule has 3 aliphatic heterocycles. The molecule has 8 nitrogen and oxygen atoms in total. The molecule has 172 valence electrons. The molecule has 5 rings (SSSR count). The van der Waals surface area contributed by atoms with Crippen molar-refractivity contribution in [2.75, 3.05) is 19.7 Å². The fourth-order valence-electron chi connectivity index (χ4n) is 5.19. The summed E-state index contributed by atoms with van der Waals surface area (Å²) < 4.78 is 30.5. The number of amides is 2. The molecule has 9 heteroatoms. The largest absolute Gasteiger partial charge is 0.444 e. The summed E-state index contributed by atoms with van der Waals surface area (Å²) in [5.74, 6) is -0.789. The minimum Gasteiger partial charge on any atom is -0.444 e. The molecule has 4 heterocycles. The Morgan fingerprint density at radius 1 is 1.09 bits per heavy atom. The molecule has 3 fully saturated rings. The van der Waals surface area contributed by atoms with Crippen molar-refractivity contribution in [3.05, 3.63) is 42.0 Å². The van der Waals surface area contributed by atoms with Gasteiger partial charge in [-0.15, -0.1) is 0 Å². The summed E-state index contributed by atoms with van der Waals surface area (Å²) in [5, 5.41) is 0. The number of hydrogen-bond donors (Lipinski definition) is 0. The number of fused-ring (bicyclic) bond motifs is 3. The molecule has 1 aromatic rings. The number of pyridine rings is 1. The lowest BCUT2D eigenvalue weighted by Crippen LogP contribution is -2.57. The van der Waals surface area contributed by atoms with E-state index in [2.05, 4.69) is 17.1 Å². The van der Waals surface area contributed by atoms with Crippen molar-refractivity contribution in [2.45, 2.75) is 69.1 Å². The maximum Gasteiger partial charge on any atom is 0.410 e. The predicted octanol–water partition coefficient (Wildman–Crippen LogP) is 2.89. The minimum atomic E-state index is -0.617. The summed E-state index contributed by atoms with van der Waals surface area (Å²) in [6, 6.07) is 2.47. The van der Waals surface area contributed by atoms with E-state index in [1.165, 1.54) is 18.3 Å². The number of ether oxygens (including phenoxy) is 3. The Bertz CT molecular complexity index is 865. The SMILES string of the molecule is O=C(OC[C@H]1O[C@H]2C/C=C/CCC[C@H]2O1)N1CC2CCC(C1)N2C(=O)c1ccc(F)nc1. The van der Waals surface area contributed by atoms with Crippen LogP contribution in [0.1, 0.15) is 48.9 Å². The van der Waals surface area contributed by atoms with Crippen LogP contribution in [0.5, 0.6) is 0 Å². The standard InChI is InChI=1S/C23H28FN3O5/c24-20-10-7-15(11-25-20)22(28)27-16-8-9-17(27)13-26(12-16)23(29)30-14-21-31-18-5-3-1-2-4-6-19(18)32-21/h1,3,7,10-11,16-19,21H,2,4-6,8-9,12-14H2/b3-1+/t16?,17?,18-,19+,21-/m0/s1. The van der Waals surface area contributed by atoms with Gasteiger partial charge in [-0.05, 0) is 50.7 Å². The number of aromatic nitrogens is 1. The molecule has 0 N–H and O–H groups in total. The van der Waals surface area contributed by atoms with Crippen molar-refractivity contribution >= 4 is 12.0 Å². The van der Waals surface area contributed by atoms with Crippen LogP contribution in [0.2, 0.25) is 0 Å². The summed E-state index contributed by atoms with van der Waals surface area (Å²) in [7, 11) is 0. The van der Waals surface area contributed by atoms with Crippen LogP contribution < -0.4 is 0 Å². The molecule has 32 heavy (non-hydrogen) atoms. The van der Waals surface area contributed by atoms with Crippen LogP contribution >= 0.6 is 0 Å². The van der Waals surface area contributed by atoms with Gasteiger partial charge in [0.05, 0.1) is 29.9 Å². The third-order valence-electron chi connectivity index (χ3n) is 6.75. The molecule has 2 unspecified atom stereocenters. The lowest BCUT2D eigenvalue weighted by atomic mass is 10.0. The number of likely N-dealkylation sites (tertiary alicyclic amines) is 1. The van der Waals surface area contributed by atoms with Gasteiger partial charge in [0.1, 0.15) is 6.61 Å². The molecule has 2 bridgehead atoms. The van der Waals surface area contributed by atoms with Gasteiger partial charge in [-0.3, -0.25) is 4.79 Å². The van der Waals surface area contributed by atoms with E-state index in [1.807, 2.05) is 4.90 Å². The van der Waals surface area contributed by atoms with E-state index in [4.69, 9.17) is 14.2 Å². The van der Waals surface area contributed by atoms with Gasteiger partial charge in [0.15, 0.2) is 6.29 Å². The number of rotatable bonds is 3. The summed E-state index contributed by atoms with van der Waals surface area (Å²) >= 11 is 0. The third kappa shape index (κ3) is 4.36. The van der Waals surface area contributed by atoms with Gasteiger partial charge in [0.2, 0.25) is 5.95 Å². The molecule has 3 saturated heterocycles. The number of hydrogen-bond acceptors (Lipinski definition) is 6. The molecule has 5 atom stereocenters. The summed E-state index contributed by atoms with van der Waals surface area (Å²) in [4.78, 5) is 32.7. The highest BCUT2D eigenvalue weighted by molar-refractivity contribution is 5.94. The Balaban J connectivity index is 1.14. The zero-order valence-corrected chi connectivity index (χ0v) is 17.9. The van der Waals surface area contributed by atoms with Crippen molar-refractivity contribution in [3.63, 3.8) is 0 Å². The first-order valence-corrected chi connectivity index (χ1v) is 11.4. The molecule has 1 aliphatic carbocycles. The monoisotopic (exact) mass is 445 g/mol. The van der Waals surface area contributed by atoms with Gasteiger partial charge in [0, 0.05) is 19.3 Å². The molecular weight excluding hydrogens is 417 g/mol. The maximum atomic E-state index is 13.1. The van der Waals surface area contributed by atoms with E-state index in [0.717, 1.165) is 38.5 Å². The summed E-state index contributed by atoms with van der Waals surface area (Å²) in [5.41, 5.74) is 0.359. The number of allylic oxidation sites excluding steroid dienone is 1. The Hall–Kier alpha value is -2.52. The van der Waals surface area contributed by atoms with E-state index in [9.17, 15) is 14.0 Å². The third-order valence-corrected chi connectivity index (χ3v) is 6.75. The first-order chi connectivity index (χ1) is 15.6. The van der Waals surface area contributed by atoms with E-state index < -0.39 is 18.3 Å². The van der Waals surface area contributed by atoms with Gasteiger partial charge in [-0.1, -0.05) is 12.2 Å². The number of carbonyl (C=O) groups is 2. The maximum absolute atomic E-state index is 13.1. The van der Waals surface area contributed by atoms with Crippen LogP contribution in [0.4, 0.5) is 9.18 Å². The topological polar surface area (TPSA) is 81.2 Å². The second-order valence-corrected chi connectivity index (χ2v) is 8.87. The molecule has 2 amide bonds. The number of piperazine rings is 1. The average Bonchev–Trinajstić information content (AvgIpc) is 3.28. The Morgan fingerprint density at radius 2 is 1.88 bits per heavy atom. The molecule has 0 radical (unpaired) electrons. The van der Waals surface area contributed by atoms with Gasteiger partial charge >= 0.3 is 6.09 Å². The fourth-order valence-corrected chi connectivity index (χ4v) is 5.19. The van der Waals surface area contributed by atoms with Crippen molar-refractivity contribution in [2.24, 2.45) is 0 Å². The lowest BCUT2D eigenvalue weighted by molar-refractivity contribution is -0.101. The molecule has 0 saturated carbocycles. The van der Waals surface area contributed by atoms with E-state index in [1.54, 1.807) is 4.90 Å². The fraction of sp³-hybridized carbons (Fsp3) is 0.609. The molecule has 1 aromatic heterocycles. The van der Waals surface area contributed by atoms with Crippen LogP contribution in [0.15, 0.2) is 30.5 Å². The highest BCUT2D eigenvalue weighted by Gasteiger charge is 2.45. The first-order valence-electron chi connectivity index (χ1n) is 11.4. The van der Waals surface area contributed by atoms with Gasteiger partial charge < -0.3 is 24.0 Å². The molecule has 0 aromatic carbocycles. The Morgan fingerprint density at radius 3 is 2.62 bits per heavy atom. The summed E-state index contributed by atoms with van der Waals surface area (Å²) in [6.07, 6.45) is 10.2.